The Kier molecular flexibility index (Phi) is 3.47. The molecule has 0 saturated carbocycles. The Labute approximate surface area is 110 Å². The summed E-state index contributed by atoms with van der Waals surface area (Å²) in [6, 6.07) is 3.60. The van der Waals surface area contributed by atoms with Crippen LogP contribution in [0.15, 0.2) is 30.6 Å². The van der Waals surface area contributed by atoms with Gasteiger partial charge in [0.2, 0.25) is 0 Å². The number of alkyl halides is 3. The molecule has 4 nitrogen and oxygen atoms in total. The Morgan fingerprint density at radius 1 is 1.20 bits per heavy atom. The van der Waals surface area contributed by atoms with Gasteiger partial charge in [0.15, 0.2) is 5.78 Å². The van der Waals surface area contributed by atoms with E-state index < -0.39 is 30.2 Å². The van der Waals surface area contributed by atoms with Gasteiger partial charge in [-0.3, -0.25) is 9.59 Å². The number of carbonyl (C=O) groups is 2. The molecule has 8 heteroatoms. The van der Waals surface area contributed by atoms with E-state index in [0.717, 1.165) is 6.07 Å². The number of ketones is 1. The minimum atomic E-state index is -5.05. The van der Waals surface area contributed by atoms with E-state index in [9.17, 15) is 27.2 Å². The second-order valence-corrected chi connectivity index (χ2v) is 3.97. The number of nitrogens with zero attached hydrogens (tertiary/aromatic N) is 1. The zero-order valence-corrected chi connectivity index (χ0v) is 9.87. The van der Waals surface area contributed by atoms with Crippen molar-refractivity contribution in [1.29, 1.82) is 0 Å². The number of pyridine rings is 1. The predicted octanol–water partition coefficient (Wildman–Crippen LogP) is 1.94. The van der Waals surface area contributed by atoms with E-state index >= 15 is 0 Å². The summed E-state index contributed by atoms with van der Waals surface area (Å²) in [5.41, 5.74) is 0.253. The Bertz CT molecular complexity index is 676. The van der Waals surface area contributed by atoms with Gasteiger partial charge >= 0.3 is 12.1 Å². The molecule has 2 rings (SSSR count). The molecule has 20 heavy (non-hydrogen) atoms. The van der Waals surface area contributed by atoms with Crippen molar-refractivity contribution in [3.8, 4) is 0 Å². The first kappa shape index (κ1) is 14.0. The first-order valence-corrected chi connectivity index (χ1v) is 5.43. The monoisotopic (exact) mass is 288 g/mol. The van der Waals surface area contributed by atoms with Crippen LogP contribution in [0, 0.1) is 5.82 Å². The summed E-state index contributed by atoms with van der Waals surface area (Å²) in [5.74, 6) is -3.51. The number of aromatic nitrogens is 1. The molecule has 0 saturated heterocycles. The van der Waals surface area contributed by atoms with Gasteiger partial charge in [-0.2, -0.15) is 13.2 Å². The van der Waals surface area contributed by atoms with Gasteiger partial charge in [0, 0.05) is 18.0 Å². The standard InChI is InChI=1S/C12H8F4N2O2/c13-7-1-3-18-4-2-8(9(18)5-7)10(19)6-17-11(20)12(14,15)16/h1-5H,6H2,(H,17,20). The molecular formula is C12H8F4N2O2. The van der Waals surface area contributed by atoms with Crippen LogP contribution in [0.25, 0.3) is 5.52 Å². The molecule has 2 heterocycles. The van der Waals surface area contributed by atoms with Gasteiger partial charge < -0.3 is 9.72 Å². The minimum Gasteiger partial charge on any atom is -0.341 e. The fraction of sp³-hybridized carbons (Fsp3) is 0.167. The zero-order chi connectivity index (χ0) is 14.9. The van der Waals surface area contributed by atoms with Crippen molar-refractivity contribution >= 4 is 17.2 Å². The molecule has 0 aromatic carbocycles. The topological polar surface area (TPSA) is 50.6 Å². The van der Waals surface area contributed by atoms with E-state index in [2.05, 4.69) is 0 Å². The molecule has 0 spiro atoms. The lowest BCUT2D eigenvalue weighted by atomic mass is 10.1. The van der Waals surface area contributed by atoms with Crippen LogP contribution < -0.4 is 5.32 Å². The number of nitrogens with one attached hydrogen (secondary N) is 1. The van der Waals surface area contributed by atoms with Crippen LogP contribution in [0.1, 0.15) is 10.4 Å². The lowest BCUT2D eigenvalue weighted by molar-refractivity contribution is -0.173. The Morgan fingerprint density at radius 2 is 1.85 bits per heavy atom. The van der Waals surface area contributed by atoms with Crippen LogP contribution in [0.3, 0.4) is 0 Å². The maximum atomic E-state index is 13.1. The molecule has 0 aliphatic carbocycles. The second kappa shape index (κ2) is 4.95. The number of carbonyl (C=O) groups excluding carboxylic acids is 2. The zero-order valence-electron chi connectivity index (χ0n) is 9.87. The van der Waals surface area contributed by atoms with Gasteiger partial charge in [-0.25, -0.2) is 4.39 Å². The minimum absolute atomic E-state index is 0.0342. The molecule has 106 valence electrons. The van der Waals surface area contributed by atoms with Gasteiger partial charge in [0.05, 0.1) is 12.1 Å². The van der Waals surface area contributed by atoms with Crippen molar-refractivity contribution in [2.24, 2.45) is 0 Å². The first-order valence-electron chi connectivity index (χ1n) is 5.43. The largest absolute Gasteiger partial charge is 0.471 e. The fourth-order valence-corrected chi connectivity index (χ4v) is 1.66. The predicted molar refractivity (Wildman–Crippen MR) is 60.8 cm³/mol. The van der Waals surface area contributed by atoms with E-state index in [1.807, 2.05) is 0 Å². The number of rotatable bonds is 3. The Balaban J connectivity index is 2.16. The van der Waals surface area contributed by atoms with E-state index in [1.165, 1.54) is 34.2 Å². The summed E-state index contributed by atoms with van der Waals surface area (Å²) in [4.78, 5) is 22.3. The van der Waals surface area contributed by atoms with Crippen molar-refractivity contribution in [2.75, 3.05) is 6.54 Å². The summed E-state index contributed by atoms with van der Waals surface area (Å²) in [6.45, 7) is -0.811. The van der Waals surface area contributed by atoms with Gasteiger partial charge in [-0.05, 0) is 18.2 Å². The van der Waals surface area contributed by atoms with Crippen molar-refractivity contribution in [3.05, 3.63) is 42.0 Å². The molecule has 0 aliphatic rings. The molecule has 0 bridgehead atoms. The number of Topliss-reactive ketones (excluding diaryl/α,β-unsaturated/α-hetero) is 1. The number of halogens is 4. The van der Waals surface area contributed by atoms with Crippen molar-refractivity contribution in [1.82, 2.24) is 9.72 Å². The number of hydrogen-bond donors (Lipinski definition) is 1. The molecule has 0 unspecified atom stereocenters. The second-order valence-electron chi connectivity index (χ2n) is 3.97. The van der Waals surface area contributed by atoms with E-state index in [0.29, 0.717) is 0 Å². The number of fused-ring (bicyclic) bond motifs is 1. The van der Waals surface area contributed by atoms with Crippen LogP contribution in [-0.4, -0.2) is 28.8 Å². The average Bonchev–Trinajstić information content (AvgIpc) is 2.77. The van der Waals surface area contributed by atoms with Crippen LogP contribution in [0.5, 0.6) is 0 Å². The van der Waals surface area contributed by atoms with Gasteiger partial charge in [0.25, 0.3) is 0 Å². The molecule has 1 amide bonds. The third-order valence-corrected chi connectivity index (χ3v) is 2.59. The van der Waals surface area contributed by atoms with Gasteiger partial charge in [-0.15, -0.1) is 0 Å². The van der Waals surface area contributed by atoms with E-state index in [-0.39, 0.29) is 11.1 Å². The lowest BCUT2D eigenvalue weighted by Crippen LogP contribution is -2.39. The molecule has 2 aromatic heterocycles. The summed E-state index contributed by atoms with van der Waals surface area (Å²) in [7, 11) is 0. The third-order valence-electron chi connectivity index (χ3n) is 2.59. The highest BCUT2D eigenvalue weighted by Gasteiger charge is 2.38. The first-order chi connectivity index (χ1) is 9.29. The maximum absolute atomic E-state index is 13.1. The smallest absolute Gasteiger partial charge is 0.341 e. The van der Waals surface area contributed by atoms with Crippen molar-refractivity contribution in [3.63, 3.8) is 0 Å². The van der Waals surface area contributed by atoms with Crippen LogP contribution in [0.2, 0.25) is 0 Å². The molecule has 1 N–H and O–H groups in total. The maximum Gasteiger partial charge on any atom is 0.471 e. The normalized spacial score (nSPS) is 11.6. The summed E-state index contributed by atoms with van der Waals surface area (Å²) in [5, 5.41) is 1.47. The van der Waals surface area contributed by atoms with Gasteiger partial charge in [0.1, 0.15) is 5.82 Å². The highest BCUT2D eigenvalue weighted by Crippen LogP contribution is 2.16. The fourth-order valence-electron chi connectivity index (χ4n) is 1.66. The lowest BCUT2D eigenvalue weighted by Gasteiger charge is -2.06. The number of amides is 1. The highest BCUT2D eigenvalue weighted by atomic mass is 19.4. The quantitative estimate of drug-likeness (QED) is 0.693. The summed E-state index contributed by atoms with van der Waals surface area (Å²) < 4.78 is 50.4. The Hall–Kier alpha value is -2.38. The summed E-state index contributed by atoms with van der Waals surface area (Å²) in [6.07, 6.45) is -2.21. The average molecular weight is 288 g/mol. The highest BCUT2D eigenvalue weighted by molar-refractivity contribution is 6.05. The SMILES string of the molecule is O=C(CNC(=O)C(F)(F)F)c1ccn2ccc(F)cc12. The molecule has 0 aliphatic heterocycles. The van der Waals surface area contributed by atoms with Crippen molar-refractivity contribution < 1.29 is 27.2 Å². The number of hydrogen-bond acceptors (Lipinski definition) is 2. The summed E-state index contributed by atoms with van der Waals surface area (Å²) >= 11 is 0. The molecule has 0 fully saturated rings. The molecule has 2 aromatic rings. The Morgan fingerprint density at radius 3 is 2.50 bits per heavy atom. The van der Waals surface area contributed by atoms with Crippen LogP contribution in [0.4, 0.5) is 17.6 Å². The van der Waals surface area contributed by atoms with E-state index in [1.54, 1.807) is 0 Å². The molecular weight excluding hydrogens is 280 g/mol. The van der Waals surface area contributed by atoms with Crippen molar-refractivity contribution in [2.45, 2.75) is 6.18 Å². The third kappa shape index (κ3) is 2.79. The van der Waals surface area contributed by atoms with Crippen LogP contribution in [-0.2, 0) is 4.79 Å². The molecule has 0 radical (unpaired) electrons. The van der Waals surface area contributed by atoms with E-state index in [4.69, 9.17) is 0 Å². The van der Waals surface area contributed by atoms with Crippen LogP contribution >= 0.6 is 0 Å². The van der Waals surface area contributed by atoms with Gasteiger partial charge in [-0.1, -0.05) is 0 Å². The molecule has 0 atom stereocenters.